The number of hydrogen-bond donors (Lipinski definition) is 1. The van der Waals surface area contributed by atoms with Crippen molar-refractivity contribution in [1.29, 1.82) is 0 Å². The number of rotatable bonds is 4. The molecule has 0 saturated heterocycles. The van der Waals surface area contributed by atoms with E-state index in [0.29, 0.717) is 0 Å². The van der Waals surface area contributed by atoms with Crippen LogP contribution in [0, 0.1) is 17.8 Å². The van der Waals surface area contributed by atoms with Crippen LogP contribution in [0.5, 0.6) is 0 Å². The van der Waals surface area contributed by atoms with E-state index >= 15 is 0 Å². The molecule has 88 valence electrons. The van der Waals surface area contributed by atoms with E-state index in [9.17, 15) is 0 Å². The van der Waals surface area contributed by atoms with Gasteiger partial charge in [-0.25, -0.2) is 0 Å². The number of nitrogens with two attached hydrogens (primary N) is 1. The molecule has 2 fully saturated rings. The lowest BCUT2D eigenvalue weighted by Crippen LogP contribution is -2.50. The van der Waals surface area contributed by atoms with Gasteiger partial charge >= 0.3 is 0 Å². The summed E-state index contributed by atoms with van der Waals surface area (Å²) in [6.07, 6.45) is 11.0. The summed E-state index contributed by atoms with van der Waals surface area (Å²) in [4.78, 5) is 0. The zero-order valence-corrected chi connectivity index (χ0v) is 10.5. The molecular weight excluding hydrogens is 182 g/mol. The lowest BCUT2D eigenvalue weighted by Gasteiger charge is -2.43. The van der Waals surface area contributed by atoms with Gasteiger partial charge in [0.25, 0.3) is 0 Å². The van der Waals surface area contributed by atoms with E-state index in [1.165, 1.54) is 51.4 Å². The van der Waals surface area contributed by atoms with Crippen molar-refractivity contribution in [3.8, 4) is 0 Å². The van der Waals surface area contributed by atoms with Gasteiger partial charge in [-0.2, -0.15) is 0 Å². The molecule has 0 radical (unpaired) electrons. The fourth-order valence-corrected chi connectivity index (χ4v) is 3.83. The molecule has 0 heterocycles. The van der Waals surface area contributed by atoms with E-state index in [1.54, 1.807) is 0 Å². The zero-order chi connectivity index (χ0) is 10.9. The average molecular weight is 209 g/mol. The first-order valence-corrected chi connectivity index (χ1v) is 6.98. The van der Waals surface area contributed by atoms with Crippen LogP contribution in [-0.2, 0) is 0 Å². The van der Waals surface area contributed by atoms with Crippen LogP contribution in [0.4, 0.5) is 0 Å². The summed E-state index contributed by atoms with van der Waals surface area (Å²) in [5.41, 5.74) is 6.87. The van der Waals surface area contributed by atoms with Crippen molar-refractivity contribution in [2.75, 3.05) is 0 Å². The van der Waals surface area contributed by atoms with Crippen molar-refractivity contribution >= 4 is 0 Å². The van der Waals surface area contributed by atoms with E-state index < -0.39 is 0 Å². The highest BCUT2D eigenvalue weighted by Crippen LogP contribution is 2.48. The predicted octanol–water partition coefficient (Wildman–Crippen LogP) is 3.72. The molecule has 0 amide bonds. The first-order valence-electron chi connectivity index (χ1n) is 6.98. The van der Waals surface area contributed by atoms with Crippen molar-refractivity contribution in [2.45, 2.75) is 70.8 Å². The molecule has 1 heteroatoms. The van der Waals surface area contributed by atoms with Crippen molar-refractivity contribution in [2.24, 2.45) is 23.5 Å². The Bertz CT molecular complexity index is 205. The average Bonchev–Trinajstić information content (AvgIpc) is 3.02. The Labute approximate surface area is 94.8 Å². The third kappa shape index (κ3) is 2.38. The molecule has 2 saturated carbocycles. The maximum Gasteiger partial charge on any atom is 0.0185 e. The van der Waals surface area contributed by atoms with Gasteiger partial charge in [0.1, 0.15) is 0 Å². The quantitative estimate of drug-likeness (QED) is 0.750. The van der Waals surface area contributed by atoms with Crippen LogP contribution in [0.1, 0.15) is 65.2 Å². The fraction of sp³-hybridized carbons (Fsp3) is 1.00. The lowest BCUT2D eigenvalue weighted by molar-refractivity contribution is 0.134. The fourth-order valence-electron chi connectivity index (χ4n) is 3.83. The van der Waals surface area contributed by atoms with Crippen molar-refractivity contribution in [1.82, 2.24) is 0 Å². The highest BCUT2D eigenvalue weighted by Gasteiger charge is 2.42. The van der Waals surface area contributed by atoms with Gasteiger partial charge < -0.3 is 5.73 Å². The van der Waals surface area contributed by atoms with Crippen molar-refractivity contribution in [3.63, 3.8) is 0 Å². The molecule has 2 unspecified atom stereocenters. The smallest absolute Gasteiger partial charge is 0.0185 e. The third-order valence-electron chi connectivity index (χ3n) is 4.95. The van der Waals surface area contributed by atoms with Gasteiger partial charge in [0, 0.05) is 5.54 Å². The molecule has 0 spiro atoms. The zero-order valence-electron chi connectivity index (χ0n) is 10.5. The van der Waals surface area contributed by atoms with E-state index in [4.69, 9.17) is 5.73 Å². The Morgan fingerprint density at radius 3 is 2.33 bits per heavy atom. The molecule has 0 aliphatic heterocycles. The summed E-state index contributed by atoms with van der Waals surface area (Å²) in [6, 6.07) is 0. The number of hydrogen-bond acceptors (Lipinski definition) is 1. The maximum atomic E-state index is 6.68. The van der Waals surface area contributed by atoms with Crippen LogP contribution in [0.2, 0.25) is 0 Å². The largest absolute Gasteiger partial charge is 0.325 e. The summed E-state index contributed by atoms with van der Waals surface area (Å²) in [5, 5.41) is 0. The van der Waals surface area contributed by atoms with Crippen LogP contribution in [0.15, 0.2) is 0 Å². The maximum absolute atomic E-state index is 6.68. The van der Waals surface area contributed by atoms with Crippen LogP contribution < -0.4 is 5.73 Å². The summed E-state index contributed by atoms with van der Waals surface area (Å²) >= 11 is 0. The summed E-state index contributed by atoms with van der Waals surface area (Å²) < 4.78 is 0. The SMILES string of the molecule is CCC(CC)C1(N)CCCC(C2CC2)C1. The first kappa shape index (κ1) is 11.4. The predicted molar refractivity (Wildman–Crippen MR) is 65.7 cm³/mol. The second-order valence-electron chi connectivity index (χ2n) is 5.94. The molecule has 2 atom stereocenters. The lowest BCUT2D eigenvalue weighted by atomic mass is 9.67. The van der Waals surface area contributed by atoms with E-state index in [-0.39, 0.29) is 5.54 Å². The highest BCUT2D eigenvalue weighted by atomic mass is 14.8. The van der Waals surface area contributed by atoms with Gasteiger partial charge in [-0.05, 0) is 43.4 Å². The summed E-state index contributed by atoms with van der Waals surface area (Å²) in [6.45, 7) is 4.62. The topological polar surface area (TPSA) is 26.0 Å². The van der Waals surface area contributed by atoms with Gasteiger partial charge in [-0.1, -0.05) is 39.5 Å². The van der Waals surface area contributed by atoms with Crippen LogP contribution in [0.3, 0.4) is 0 Å². The summed E-state index contributed by atoms with van der Waals surface area (Å²) in [7, 11) is 0. The van der Waals surface area contributed by atoms with E-state index in [2.05, 4.69) is 13.8 Å². The Morgan fingerprint density at radius 2 is 1.80 bits per heavy atom. The van der Waals surface area contributed by atoms with E-state index in [1.807, 2.05) is 0 Å². The van der Waals surface area contributed by atoms with E-state index in [0.717, 1.165) is 17.8 Å². The normalized spacial score (nSPS) is 37.2. The molecule has 2 aliphatic carbocycles. The molecule has 0 aromatic heterocycles. The van der Waals surface area contributed by atoms with Gasteiger partial charge in [-0.3, -0.25) is 0 Å². The molecule has 0 bridgehead atoms. The third-order valence-corrected chi connectivity index (χ3v) is 4.95. The van der Waals surface area contributed by atoms with Crippen molar-refractivity contribution < 1.29 is 0 Å². The second-order valence-corrected chi connectivity index (χ2v) is 5.94. The standard InChI is InChI=1S/C14H27N/c1-3-13(4-2)14(15)9-5-6-12(10-14)11-7-8-11/h11-13H,3-10,15H2,1-2H3. The molecule has 1 nitrogen and oxygen atoms in total. The minimum Gasteiger partial charge on any atom is -0.325 e. The minimum atomic E-state index is 0.189. The minimum absolute atomic E-state index is 0.189. The summed E-state index contributed by atoms with van der Waals surface area (Å²) in [5.74, 6) is 2.80. The highest BCUT2D eigenvalue weighted by molar-refractivity contribution is 4.98. The van der Waals surface area contributed by atoms with Gasteiger partial charge in [0.15, 0.2) is 0 Å². The molecule has 2 N–H and O–H groups in total. The second kappa shape index (κ2) is 4.45. The molecule has 0 aromatic carbocycles. The van der Waals surface area contributed by atoms with Crippen LogP contribution in [0.25, 0.3) is 0 Å². The molecule has 0 aromatic rings. The Balaban J connectivity index is 1.99. The first-order chi connectivity index (χ1) is 7.19. The Morgan fingerprint density at radius 1 is 1.13 bits per heavy atom. The molecule has 2 aliphatic rings. The Hall–Kier alpha value is -0.0400. The molecular formula is C14H27N. The molecule has 2 rings (SSSR count). The van der Waals surface area contributed by atoms with Crippen LogP contribution in [-0.4, -0.2) is 5.54 Å². The van der Waals surface area contributed by atoms with Gasteiger partial charge in [0.05, 0.1) is 0 Å². The molecule has 15 heavy (non-hydrogen) atoms. The van der Waals surface area contributed by atoms with Crippen LogP contribution >= 0.6 is 0 Å². The Kier molecular flexibility index (Phi) is 3.39. The van der Waals surface area contributed by atoms with Gasteiger partial charge in [-0.15, -0.1) is 0 Å². The van der Waals surface area contributed by atoms with Crippen molar-refractivity contribution in [3.05, 3.63) is 0 Å². The monoisotopic (exact) mass is 209 g/mol. The van der Waals surface area contributed by atoms with Gasteiger partial charge in [0.2, 0.25) is 0 Å².